The van der Waals surface area contributed by atoms with Gasteiger partial charge in [-0.25, -0.2) is 18.0 Å². The van der Waals surface area contributed by atoms with Crippen molar-refractivity contribution in [1.82, 2.24) is 19.4 Å². The molecular weight excluding hydrogens is 597 g/mol. The molecule has 6 rings (SSSR count). The molecule has 0 saturated carbocycles. The summed E-state index contributed by atoms with van der Waals surface area (Å²) in [6.45, 7) is 9.98. The van der Waals surface area contributed by atoms with Gasteiger partial charge in [-0.3, -0.25) is 14.3 Å². The number of nitrogens with one attached hydrogen (secondary N) is 1. The molecule has 2 aliphatic heterocycles. The van der Waals surface area contributed by atoms with Crippen LogP contribution in [-0.4, -0.2) is 62.7 Å². The summed E-state index contributed by atoms with van der Waals surface area (Å²) in [4.78, 5) is 38.9. The summed E-state index contributed by atoms with van der Waals surface area (Å²) in [7, 11) is 0. The molecular formula is C31H28ClF3N6O3. The van der Waals surface area contributed by atoms with Crippen LogP contribution in [0.4, 0.5) is 24.7 Å². The number of aryl methyl sites for hydroxylation is 1. The molecule has 1 atom stereocenters. The Morgan fingerprint density at radius 3 is 2.64 bits per heavy atom. The van der Waals surface area contributed by atoms with Crippen LogP contribution < -0.4 is 15.9 Å². The van der Waals surface area contributed by atoms with Gasteiger partial charge in [0, 0.05) is 37.9 Å². The van der Waals surface area contributed by atoms with E-state index in [4.69, 9.17) is 11.6 Å². The third-order valence-electron chi connectivity index (χ3n) is 8.20. The summed E-state index contributed by atoms with van der Waals surface area (Å²) < 4.78 is 47.8. The highest BCUT2D eigenvalue weighted by molar-refractivity contribution is 6.39. The molecule has 2 aliphatic rings. The summed E-state index contributed by atoms with van der Waals surface area (Å²) in [5.74, 6) is -4.96. The number of rotatable bonds is 4. The van der Waals surface area contributed by atoms with Crippen molar-refractivity contribution >= 4 is 39.9 Å². The van der Waals surface area contributed by atoms with Gasteiger partial charge in [0.05, 0.1) is 44.6 Å². The van der Waals surface area contributed by atoms with E-state index >= 15 is 8.78 Å². The van der Waals surface area contributed by atoms with Gasteiger partial charge in [-0.05, 0) is 42.7 Å². The third-order valence-corrected chi connectivity index (χ3v) is 8.56. The average Bonchev–Trinajstić information content (AvgIpc) is 3.15. The lowest BCUT2D eigenvalue weighted by atomic mass is 9.98. The van der Waals surface area contributed by atoms with Gasteiger partial charge in [-0.1, -0.05) is 32.0 Å². The molecule has 0 bridgehead atoms. The van der Waals surface area contributed by atoms with E-state index < -0.39 is 51.1 Å². The number of hydrogen-bond acceptors (Lipinski definition) is 7. The van der Waals surface area contributed by atoms with E-state index in [-0.39, 0.29) is 53.9 Å². The fraction of sp³-hybridized carbons (Fsp3) is 0.290. The normalized spacial score (nSPS) is 16.1. The number of aromatic nitrogens is 3. The van der Waals surface area contributed by atoms with Crippen molar-refractivity contribution in [1.29, 1.82) is 0 Å². The second-order valence-electron chi connectivity index (χ2n) is 11.1. The number of phenolic OH excluding ortho intramolecular Hbond substituents is 1. The van der Waals surface area contributed by atoms with Crippen molar-refractivity contribution in [2.24, 2.45) is 0 Å². The summed E-state index contributed by atoms with van der Waals surface area (Å²) in [6, 6.07) is 2.87. The number of carbonyl (C=O) groups excluding carboxylic acids is 1. The second-order valence-corrected chi connectivity index (χ2v) is 11.5. The second kappa shape index (κ2) is 10.8. The molecule has 2 N–H and O–H groups in total. The van der Waals surface area contributed by atoms with Gasteiger partial charge in [-0.2, -0.15) is 4.98 Å². The Morgan fingerprint density at radius 1 is 1.18 bits per heavy atom. The molecule has 44 heavy (non-hydrogen) atoms. The number of halogens is 4. The van der Waals surface area contributed by atoms with Gasteiger partial charge in [-0.15, -0.1) is 0 Å². The van der Waals surface area contributed by atoms with E-state index in [0.29, 0.717) is 29.6 Å². The molecule has 0 aliphatic carbocycles. The molecule has 1 amide bonds. The first kappa shape index (κ1) is 29.5. The van der Waals surface area contributed by atoms with Crippen molar-refractivity contribution < 1.29 is 23.1 Å². The first-order valence-electron chi connectivity index (χ1n) is 14.0. The lowest BCUT2D eigenvalue weighted by Crippen LogP contribution is -2.57. The van der Waals surface area contributed by atoms with E-state index in [9.17, 15) is 19.1 Å². The summed E-state index contributed by atoms with van der Waals surface area (Å²) >= 11 is 6.97. The van der Waals surface area contributed by atoms with Crippen LogP contribution in [0.2, 0.25) is 5.02 Å². The number of phenols is 1. The van der Waals surface area contributed by atoms with Crippen molar-refractivity contribution in [3.05, 3.63) is 81.3 Å². The molecule has 13 heteroatoms. The lowest BCUT2D eigenvalue weighted by Gasteiger charge is -2.41. The minimum Gasteiger partial charge on any atom is -0.507 e. The van der Waals surface area contributed by atoms with Crippen LogP contribution in [0.5, 0.6) is 5.75 Å². The maximum Gasteiger partial charge on any atom is 0.354 e. The number of piperazine rings is 1. The van der Waals surface area contributed by atoms with Crippen LogP contribution in [-0.2, 0) is 4.79 Å². The minimum atomic E-state index is -1.51. The highest BCUT2D eigenvalue weighted by Gasteiger charge is 2.38. The summed E-state index contributed by atoms with van der Waals surface area (Å²) in [5.41, 5.74) is -0.827. The first-order chi connectivity index (χ1) is 21.0. The van der Waals surface area contributed by atoms with Crippen LogP contribution in [0.15, 0.2) is 41.8 Å². The number of benzene rings is 2. The molecule has 4 aromatic rings. The quantitative estimate of drug-likeness (QED) is 0.298. The molecule has 1 saturated heterocycles. The van der Waals surface area contributed by atoms with Crippen molar-refractivity contribution in [2.75, 3.05) is 36.4 Å². The number of carbonyl (C=O) groups is 1. The predicted octanol–water partition coefficient (Wildman–Crippen LogP) is 5.28. The predicted molar refractivity (Wildman–Crippen MR) is 162 cm³/mol. The average molecular weight is 625 g/mol. The number of hydrogen-bond donors (Lipinski definition) is 2. The Hall–Kier alpha value is -4.58. The topological polar surface area (TPSA) is 104 Å². The van der Waals surface area contributed by atoms with Gasteiger partial charge >= 0.3 is 5.69 Å². The maximum absolute atomic E-state index is 16.7. The van der Waals surface area contributed by atoms with Crippen molar-refractivity contribution in [3.8, 4) is 22.6 Å². The summed E-state index contributed by atoms with van der Waals surface area (Å²) in [6.07, 6.45) is 2.81. The Bertz CT molecular complexity index is 1950. The van der Waals surface area contributed by atoms with Gasteiger partial charge < -0.3 is 20.2 Å². The van der Waals surface area contributed by atoms with Crippen LogP contribution in [0.25, 0.3) is 27.7 Å². The third kappa shape index (κ3) is 4.38. The van der Waals surface area contributed by atoms with Gasteiger partial charge in [0.1, 0.15) is 11.6 Å². The van der Waals surface area contributed by atoms with Gasteiger partial charge in [0.15, 0.2) is 17.5 Å². The monoisotopic (exact) mass is 624 g/mol. The van der Waals surface area contributed by atoms with E-state index in [1.165, 1.54) is 10.6 Å². The number of anilines is 2. The number of aromatic hydroxyl groups is 1. The van der Waals surface area contributed by atoms with Crippen molar-refractivity contribution in [3.63, 3.8) is 0 Å². The Labute approximate surface area is 255 Å². The molecule has 228 valence electrons. The van der Waals surface area contributed by atoms with Gasteiger partial charge in [0.2, 0.25) is 5.91 Å². The molecule has 1 unspecified atom stereocenters. The number of pyridine rings is 1. The zero-order valence-electron chi connectivity index (χ0n) is 24.1. The molecule has 1 fully saturated rings. The molecule has 0 spiro atoms. The number of fused-ring (bicyclic) bond motifs is 2. The van der Waals surface area contributed by atoms with Crippen LogP contribution in [0.1, 0.15) is 31.0 Å². The fourth-order valence-electron chi connectivity index (χ4n) is 6.12. The highest BCUT2D eigenvalue weighted by Crippen LogP contribution is 2.49. The lowest BCUT2D eigenvalue weighted by molar-refractivity contribution is -0.126. The maximum atomic E-state index is 16.7. The SMILES string of the molecule is C=CC(=O)N1CCN2c3nc(=O)n(-c4c(C)ccnc4C(C)C)c4c(Cl)c(-c5c(O)ccc(F)c5F)c(F)c(c34)NCC2C1. The number of nitrogens with zero attached hydrogens (tertiary/aromatic N) is 5. The van der Waals surface area contributed by atoms with Crippen LogP contribution in [0, 0.1) is 24.4 Å². The zero-order valence-corrected chi connectivity index (χ0v) is 24.8. The minimum absolute atomic E-state index is 0.0214. The molecule has 0 radical (unpaired) electrons. The van der Waals surface area contributed by atoms with E-state index in [2.05, 4.69) is 21.9 Å². The summed E-state index contributed by atoms with van der Waals surface area (Å²) in [5, 5.41) is 13.4. The van der Waals surface area contributed by atoms with E-state index in [1.807, 2.05) is 18.7 Å². The molecule has 2 aromatic carbocycles. The highest BCUT2D eigenvalue weighted by atomic mass is 35.5. The van der Waals surface area contributed by atoms with E-state index in [1.54, 1.807) is 24.1 Å². The van der Waals surface area contributed by atoms with Crippen molar-refractivity contribution in [2.45, 2.75) is 32.7 Å². The smallest absolute Gasteiger partial charge is 0.354 e. The zero-order chi connectivity index (χ0) is 31.6. The molecule has 4 heterocycles. The first-order valence-corrected chi connectivity index (χ1v) is 14.4. The van der Waals surface area contributed by atoms with Gasteiger partial charge in [0.25, 0.3) is 0 Å². The molecule has 9 nitrogen and oxygen atoms in total. The number of amides is 1. The molecule has 2 aromatic heterocycles. The largest absolute Gasteiger partial charge is 0.507 e. The fourth-order valence-corrected chi connectivity index (χ4v) is 6.48. The Kier molecular flexibility index (Phi) is 7.27. The Morgan fingerprint density at radius 2 is 1.93 bits per heavy atom. The van der Waals surface area contributed by atoms with Crippen LogP contribution in [0.3, 0.4) is 0 Å². The van der Waals surface area contributed by atoms with E-state index in [0.717, 1.165) is 6.07 Å². The van der Waals surface area contributed by atoms with Crippen LogP contribution >= 0.6 is 11.6 Å². The Balaban J connectivity index is 1.77. The standard InChI is InChI=1S/C31H28ClF3N6O3/c1-5-19(43)39-10-11-40-16(13-39)12-37-27-22-29(23(32)21(25(27)35)20-18(42)7-6-17(33)24(20)34)41(31(44)38-30(22)40)28-15(4)8-9-36-26(28)14(2)3/h5-9,14,16,37,42H,1,10-13H2,2-4H3.